The summed E-state index contributed by atoms with van der Waals surface area (Å²) in [4.78, 5) is 0. The maximum atomic E-state index is 13.7. The van der Waals surface area contributed by atoms with Crippen LogP contribution in [0.4, 0.5) is 4.39 Å². The van der Waals surface area contributed by atoms with Gasteiger partial charge in [0.2, 0.25) is 0 Å². The summed E-state index contributed by atoms with van der Waals surface area (Å²) in [6.07, 6.45) is 0. The molecule has 2 aromatic carbocycles. The van der Waals surface area contributed by atoms with Crippen molar-refractivity contribution in [1.29, 1.82) is 0 Å². The van der Waals surface area contributed by atoms with E-state index in [4.69, 9.17) is 11.6 Å². The minimum atomic E-state index is -0.243. The average molecular weight is 306 g/mol. The predicted octanol–water partition coefficient (Wildman–Crippen LogP) is 5.26. The van der Waals surface area contributed by atoms with E-state index in [1.54, 1.807) is 6.07 Å². The van der Waals surface area contributed by atoms with Gasteiger partial charge in [-0.1, -0.05) is 31.5 Å². The summed E-state index contributed by atoms with van der Waals surface area (Å²) >= 11 is 6.38. The lowest BCUT2D eigenvalue weighted by Gasteiger charge is -2.15. The Bertz CT molecular complexity index is 650. The van der Waals surface area contributed by atoms with Gasteiger partial charge in [0, 0.05) is 23.2 Å². The Morgan fingerprint density at radius 3 is 2.38 bits per heavy atom. The van der Waals surface area contributed by atoms with Gasteiger partial charge in [0.1, 0.15) is 5.82 Å². The molecule has 0 atom stereocenters. The summed E-state index contributed by atoms with van der Waals surface area (Å²) < 4.78 is 13.7. The molecule has 0 unspecified atom stereocenters. The second-order valence-electron chi connectivity index (χ2n) is 5.75. The van der Waals surface area contributed by atoms with Crippen LogP contribution in [0.2, 0.25) is 5.02 Å². The van der Waals surface area contributed by atoms with E-state index in [2.05, 4.69) is 19.2 Å². The number of halogens is 2. The van der Waals surface area contributed by atoms with Gasteiger partial charge in [0.25, 0.3) is 0 Å². The summed E-state index contributed by atoms with van der Waals surface area (Å²) in [5.41, 5.74) is 5.09. The SMILES string of the molecule is Cc1cc(Cl)c(-c2cc(F)ccc2CNC(C)C)cc1C. The van der Waals surface area contributed by atoms with Gasteiger partial charge in [0.15, 0.2) is 0 Å². The Kier molecular flexibility index (Phi) is 5.02. The second-order valence-corrected chi connectivity index (χ2v) is 6.16. The lowest BCUT2D eigenvalue weighted by Crippen LogP contribution is -2.22. The van der Waals surface area contributed by atoms with Crippen LogP contribution in [0, 0.1) is 19.7 Å². The molecule has 1 nitrogen and oxygen atoms in total. The highest BCUT2D eigenvalue weighted by atomic mass is 35.5. The first-order valence-corrected chi connectivity index (χ1v) is 7.55. The molecule has 3 heteroatoms. The number of hydrogen-bond donors (Lipinski definition) is 1. The number of hydrogen-bond acceptors (Lipinski definition) is 1. The van der Waals surface area contributed by atoms with Crippen molar-refractivity contribution in [3.8, 4) is 11.1 Å². The monoisotopic (exact) mass is 305 g/mol. The molecule has 0 aromatic heterocycles. The van der Waals surface area contributed by atoms with Gasteiger partial charge >= 0.3 is 0 Å². The molecule has 21 heavy (non-hydrogen) atoms. The summed E-state index contributed by atoms with van der Waals surface area (Å²) in [5, 5.41) is 4.03. The van der Waals surface area contributed by atoms with Crippen molar-refractivity contribution in [2.75, 3.05) is 0 Å². The van der Waals surface area contributed by atoms with Gasteiger partial charge in [0.05, 0.1) is 0 Å². The Balaban J connectivity index is 2.51. The van der Waals surface area contributed by atoms with Gasteiger partial charge in [-0.25, -0.2) is 4.39 Å². The van der Waals surface area contributed by atoms with Gasteiger partial charge in [-0.3, -0.25) is 0 Å². The molecule has 2 aromatic rings. The molecular formula is C18H21ClFN. The maximum absolute atomic E-state index is 13.7. The number of aryl methyl sites for hydroxylation is 2. The third-order valence-electron chi connectivity index (χ3n) is 3.65. The van der Waals surface area contributed by atoms with Gasteiger partial charge < -0.3 is 5.32 Å². The van der Waals surface area contributed by atoms with Crippen molar-refractivity contribution in [3.63, 3.8) is 0 Å². The fourth-order valence-electron chi connectivity index (χ4n) is 2.25. The predicted molar refractivity (Wildman–Crippen MR) is 88.3 cm³/mol. The molecule has 0 fully saturated rings. The summed E-state index contributed by atoms with van der Waals surface area (Å²) in [7, 11) is 0. The van der Waals surface area contributed by atoms with Crippen LogP contribution in [-0.2, 0) is 6.54 Å². The first-order valence-electron chi connectivity index (χ1n) is 7.17. The number of nitrogens with one attached hydrogen (secondary N) is 1. The Hall–Kier alpha value is -1.38. The zero-order chi connectivity index (χ0) is 15.6. The average Bonchev–Trinajstić information content (AvgIpc) is 2.41. The molecule has 0 aliphatic carbocycles. The molecule has 0 saturated heterocycles. The van der Waals surface area contributed by atoms with E-state index >= 15 is 0 Å². The van der Waals surface area contributed by atoms with Crippen molar-refractivity contribution in [3.05, 3.63) is 57.9 Å². The molecule has 0 aliphatic rings. The van der Waals surface area contributed by atoms with Crippen LogP contribution in [0.1, 0.15) is 30.5 Å². The van der Waals surface area contributed by atoms with Gasteiger partial charge in [-0.15, -0.1) is 0 Å². The van der Waals surface area contributed by atoms with Crippen LogP contribution >= 0.6 is 11.6 Å². The first-order chi connectivity index (χ1) is 9.88. The normalized spacial score (nSPS) is 11.2. The summed E-state index contributed by atoms with van der Waals surface area (Å²) in [6, 6.07) is 9.23. The Labute approximate surface area is 131 Å². The molecule has 2 rings (SSSR count). The second kappa shape index (κ2) is 6.59. The molecule has 0 heterocycles. The molecule has 0 amide bonds. The topological polar surface area (TPSA) is 12.0 Å². The smallest absolute Gasteiger partial charge is 0.123 e. The Morgan fingerprint density at radius 2 is 1.71 bits per heavy atom. The summed E-state index contributed by atoms with van der Waals surface area (Å²) in [6.45, 7) is 8.94. The molecule has 0 saturated carbocycles. The highest BCUT2D eigenvalue weighted by molar-refractivity contribution is 6.33. The van der Waals surface area contributed by atoms with Crippen molar-refractivity contribution >= 4 is 11.6 Å². The van der Waals surface area contributed by atoms with Crippen LogP contribution in [0.3, 0.4) is 0 Å². The fraction of sp³-hybridized carbons (Fsp3) is 0.333. The highest BCUT2D eigenvalue weighted by Crippen LogP contribution is 2.33. The van der Waals surface area contributed by atoms with Crippen LogP contribution < -0.4 is 5.32 Å². The third kappa shape index (κ3) is 3.84. The third-order valence-corrected chi connectivity index (χ3v) is 3.96. The maximum Gasteiger partial charge on any atom is 0.123 e. The van der Waals surface area contributed by atoms with E-state index in [0.717, 1.165) is 27.8 Å². The van der Waals surface area contributed by atoms with Crippen LogP contribution in [0.15, 0.2) is 30.3 Å². The van der Waals surface area contributed by atoms with Crippen LogP contribution in [0.5, 0.6) is 0 Å². The fourth-order valence-corrected chi connectivity index (χ4v) is 2.58. The van der Waals surface area contributed by atoms with E-state index in [1.165, 1.54) is 6.07 Å². The number of rotatable bonds is 4. The van der Waals surface area contributed by atoms with E-state index in [1.807, 2.05) is 32.0 Å². The molecule has 0 radical (unpaired) electrons. The minimum absolute atomic E-state index is 0.243. The number of benzene rings is 2. The van der Waals surface area contributed by atoms with Gasteiger partial charge in [-0.05, 0) is 60.4 Å². The Morgan fingerprint density at radius 1 is 1.05 bits per heavy atom. The molecule has 0 aliphatic heterocycles. The summed E-state index contributed by atoms with van der Waals surface area (Å²) in [5.74, 6) is -0.243. The standard InChI is InChI=1S/C18H21ClFN/c1-11(2)21-10-14-5-6-15(20)9-16(14)17-7-12(3)13(4)8-18(17)19/h5-9,11,21H,10H2,1-4H3. The first kappa shape index (κ1) is 16.0. The zero-order valence-corrected chi connectivity index (χ0v) is 13.7. The molecule has 0 spiro atoms. The van der Waals surface area contributed by atoms with Crippen molar-refractivity contribution in [2.45, 2.75) is 40.3 Å². The lowest BCUT2D eigenvalue weighted by atomic mass is 9.96. The van der Waals surface area contributed by atoms with Crippen LogP contribution in [-0.4, -0.2) is 6.04 Å². The highest BCUT2D eigenvalue weighted by Gasteiger charge is 2.12. The van der Waals surface area contributed by atoms with E-state index < -0.39 is 0 Å². The molecule has 1 N–H and O–H groups in total. The van der Waals surface area contributed by atoms with Crippen molar-refractivity contribution in [2.24, 2.45) is 0 Å². The largest absolute Gasteiger partial charge is 0.310 e. The van der Waals surface area contributed by atoms with E-state index in [9.17, 15) is 4.39 Å². The van der Waals surface area contributed by atoms with E-state index in [0.29, 0.717) is 17.6 Å². The quantitative estimate of drug-likeness (QED) is 0.812. The van der Waals surface area contributed by atoms with Gasteiger partial charge in [-0.2, -0.15) is 0 Å². The van der Waals surface area contributed by atoms with Crippen molar-refractivity contribution < 1.29 is 4.39 Å². The zero-order valence-electron chi connectivity index (χ0n) is 12.9. The van der Waals surface area contributed by atoms with E-state index in [-0.39, 0.29) is 5.82 Å². The molecular weight excluding hydrogens is 285 g/mol. The van der Waals surface area contributed by atoms with Crippen LogP contribution in [0.25, 0.3) is 11.1 Å². The van der Waals surface area contributed by atoms with Crippen molar-refractivity contribution in [1.82, 2.24) is 5.32 Å². The minimum Gasteiger partial charge on any atom is -0.310 e. The lowest BCUT2D eigenvalue weighted by molar-refractivity contribution is 0.587. The molecule has 0 bridgehead atoms. The molecule has 112 valence electrons.